The molecule has 0 bridgehead atoms. The Hall–Kier alpha value is -3.34. The molecule has 2 N–H and O–H groups in total. The number of benzene rings is 3. The molecule has 120 valence electrons. The first-order chi connectivity index (χ1) is 11.6. The summed E-state index contributed by atoms with van der Waals surface area (Å²) in [6.07, 6.45) is 0. The number of ether oxygens (including phenoxy) is 1. The molecule has 0 spiro atoms. The smallest absolute Gasteiger partial charge is 0.342 e. The zero-order valence-corrected chi connectivity index (χ0v) is 12.7. The summed E-state index contributed by atoms with van der Waals surface area (Å²) in [6.45, 7) is -0.431. The lowest BCUT2D eigenvalue weighted by atomic mass is 10.1. The van der Waals surface area contributed by atoms with Crippen molar-refractivity contribution < 1.29 is 19.4 Å². The van der Waals surface area contributed by atoms with Crippen LogP contribution >= 0.6 is 0 Å². The van der Waals surface area contributed by atoms with Crippen LogP contribution in [-0.2, 0) is 9.53 Å². The van der Waals surface area contributed by atoms with Crippen LogP contribution in [0.1, 0.15) is 10.4 Å². The zero-order valence-electron chi connectivity index (χ0n) is 12.7. The zero-order chi connectivity index (χ0) is 16.9. The molecule has 1 amide bonds. The fourth-order valence-electron chi connectivity index (χ4n) is 2.35. The number of hydrogen-bond donors (Lipinski definition) is 2. The van der Waals surface area contributed by atoms with E-state index in [2.05, 4.69) is 5.32 Å². The number of esters is 1. The third kappa shape index (κ3) is 3.35. The third-order valence-electron chi connectivity index (χ3n) is 3.51. The predicted octanol–water partition coefficient (Wildman–Crippen LogP) is 3.34. The number of phenols is 1. The fourth-order valence-corrected chi connectivity index (χ4v) is 2.35. The van der Waals surface area contributed by atoms with Crippen LogP contribution in [0.25, 0.3) is 10.8 Å². The SMILES string of the molecule is O=C(COC(=O)c1ccc2ccccc2c1O)Nc1ccccc1. The van der Waals surface area contributed by atoms with Gasteiger partial charge in [0.25, 0.3) is 5.91 Å². The largest absolute Gasteiger partial charge is 0.506 e. The number of carbonyl (C=O) groups is 2. The quantitative estimate of drug-likeness (QED) is 0.723. The summed E-state index contributed by atoms with van der Waals surface area (Å²) in [7, 11) is 0. The van der Waals surface area contributed by atoms with Gasteiger partial charge in [0, 0.05) is 11.1 Å². The molecule has 3 aromatic carbocycles. The molecule has 0 aliphatic carbocycles. The summed E-state index contributed by atoms with van der Waals surface area (Å²) in [4.78, 5) is 23.9. The highest BCUT2D eigenvalue weighted by atomic mass is 16.5. The maximum atomic E-state index is 12.1. The first kappa shape index (κ1) is 15.6. The lowest BCUT2D eigenvalue weighted by Crippen LogP contribution is -2.20. The molecular formula is C19H15NO4. The number of fused-ring (bicyclic) bond motifs is 1. The molecule has 3 rings (SSSR count). The Labute approximate surface area is 138 Å². The molecule has 0 aliphatic rings. The van der Waals surface area contributed by atoms with Gasteiger partial charge in [0.1, 0.15) is 11.3 Å². The molecule has 0 aliphatic heterocycles. The lowest BCUT2D eigenvalue weighted by molar-refractivity contribution is -0.119. The normalized spacial score (nSPS) is 10.3. The van der Waals surface area contributed by atoms with E-state index in [0.717, 1.165) is 5.39 Å². The Bertz CT molecular complexity index is 890. The maximum Gasteiger partial charge on any atom is 0.342 e. The molecule has 5 heteroatoms. The highest BCUT2D eigenvalue weighted by Gasteiger charge is 2.16. The topological polar surface area (TPSA) is 75.6 Å². The van der Waals surface area contributed by atoms with E-state index in [1.54, 1.807) is 42.5 Å². The number of carbonyl (C=O) groups excluding carboxylic acids is 2. The van der Waals surface area contributed by atoms with E-state index in [4.69, 9.17) is 4.74 Å². The summed E-state index contributed by atoms with van der Waals surface area (Å²) in [6, 6.07) is 19.2. The third-order valence-corrected chi connectivity index (χ3v) is 3.51. The second-order valence-corrected chi connectivity index (χ2v) is 5.17. The van der Waals surface area contributed by atoms with Gasteiger partial charge in [0.2, 0.25) is 0 Å². The molecule has 0 fully saturated rings. The van der Waals surface area contributed by atoms with E-state index in [9.17, 15) is 14.7 Å². The number of rotatable bonds is 4. The van der Waals surface area contributed by atoms with Gasteiger partial charge in [0.15, 0.2) is 6.61 Å². The first-order valence-corrected chi connectivity index (χ1v) is 7.38. The van der Waals surface area contributed by atoms with E-state index in [-0.39, 0.29) is 11.3 Å². The highest BCUT2D eigenvalue weighted by Crippen LogP contribution is 2.28. The van der Waals surface area contributed by atoms with Crippen LogP contribution in [-0.4, -0.2) is 23.6 Å². The van der Waals surface area contributed by atoms with E-state index >= 15 is 0 Å². The van der Waals surface area contributed by atoms with Gasteiger partial charge in [-0.2, -0.15) is 0 Å². The predicted molar refractivity (Wildman–Crippen MR) is 91.0 cm³/mol. The van der Waals surface area contributed by atoms with Crippen molar-refractivity contribution in [1.29, 1.82) is 0 Å². The van der Waals surface area contributed by atoms with Gasteiger partial charge in [-0.3, -0.25) is 4.79 Å². The molecule has 0 saturated carbocycles. The van der Waals surface area contributed by atoms with E-state index in [1.807, 2.05) is 18.2 Å². The van der Waals surface area contributed by atoms with Crippen molar-refractivity contribution in [1.82, 2.24) is 0 Å². The van der Waals surface area contributed by atoms with Crippen molar-refractivity contribution in [2.75, 3.05) is 11.9 Å². The molecule has 24 heavy (non-hydrogen) atoms. The van der Waals surface area contributed by atoms with Crippen molar-refractivity contribution >= 4 is 28.3 Å². The van der Waals surface area contributed by atoms with Crippen LogP contribution in [0, 0.1) is 0 Å². The standard InChI is InChI=1S/C19H15NO4/c21-17(20-14-7-2-1-3-8-14)12-24-19(23)16-11-10-13-6-4-5-9-15(13)18(16)22/h1-11,22H,12H2,(H,20,21). The Morgan fingerprint density at radius 2 is 1.62 bits per heavy atom. The molecule has 0 unspecified atom stereocenters. The van der Waals surface area contributed by atoms with Crippen molar-refractivity contribution in [3.05, 3.63) is 72.3 Å². The Morgan fingerprint density at radius 3 is 2.42 bits per heavy atom. The molecular weight excluding hydrogens is 306 g/mol. The van der Waals surface area contributed by atoms with Crippen LogP contribution in [0.5, 0.6) is 5.75 Å². The second kappa shape index (κ2) is 6.83. The lowest BCUT2D eigenvalue weighted by Gasteiger charge is -2.09. The Balaban J connectivity index is 1.67. The maximum absolute atomic E-state index is 12.1. The second-order valence-electron chi connectivity index (χ2n) is 5.17. The first-order valence-electron chi connectivity index (χ1n) is 7.38. The van der Waals surface area contributed by atoms with Crippen molar-refractivity contribution in [3.63, 3.8) is 0 Å². The minimum absolute atomic E-state index is 0.0289. The van der Waals surface area contributed by atoms with Gasteiger partial charge in [-0.15, -0.1) is 0 Å². The van der Waals surface area contributed by atoms with Crippen LogP contribution in [0.4, 0.5) is 5.69 Å². The van der Waals surface area contributed by atoms with Gasteiger partial charge < -0.3 is 15.2 Å². The van der Waals surface area contributed by atoms with Gasteiger partial charge in [-0.25, -0.2) is 4.79 Å². The van der Waals surface area contributed by atoms with Crippen LogP contribution in [0.15, 0.2) is 66.7 Å². The molecule has 0 heterocycles. The van der Waals surface area contributed by atoms with Gasteiger partial charge in [-0.05, 0) is 23.6 Å². The van der Waals surface area contributed by atoms with Gasteiger partial charge in [-0.1, -0.05) is 48.5 Å². The van der Waals surface area contributed by atoms with Gasteiger partial charge >= 0.3 is 5.97 Å². The van der Waals surface area contributed by atoms with E-state index < -0.39 is 18.5 Å². The molecule has 0 radical (unpaired) electrons. The number of para-hydroxylation sites is 1. The number of phenolic OH excluding ortho intramolecular Hbond substituents is 1. The number of anilines is 1. The summed E-state index contributed by atoms with van der Waals surface area (Å²) < 4.78 is 4.98. The number of aromatic hydroxyl groups is 1. The van der Waals surface area contributed by atoms with E-state index in [1.165, 1.54) is 6.07 Å². The fraction of sp³-hybridized carbons (Fsp3) is 0.0526. The number of nitrogens with one attached hydrogen (secondary N) is 1. The van der Waals surface area contributed by atoms with E-state index in [0.29, 0.717) is 11.1 Å². The van der Waals surface area contributed by atoms with Crippen molar-refractivity contribution in [2.45, 2.75) is 0 Å². The highest BCUT2D eigenvalue weighted by molar-refractivity contribution is 6.02. The minimum atomic E-state index is -0.749. The average Bonchev–Trinajstić information content (AvgIpc) is 2.61. The summed E-state index contributed by atoms with van der Waals surface area (Å²) >= 11 is 0. The molecule has 0 saturated heterocycles. The van der Waals surface area contributed by atoms with Crippen LogP contribution in [0.2, 0.25) is 0 Å². The van der Waals surface area contributed by atoms with Crippen LogP contribution in [0.3, 0.4) is 0 Å². The minimum Gasteiger partial charge on any atom is -0.506 e. The van der Waals surface area contributed by atoms with Crippen molar-refractivity contribution in [3.8, 4) is 5.75 Å². The number of hydrogen-bond acceptors (Lipinski definition) is 4. The Kier molecular flexibility index (Phi) is 4.43. The molecule has 0 atom stereocenters. The molecule has 3 aromatic rings. The van der Waals surface area contributed by atoms with Gasteiger partial charge in [0.05, 0.1) is 0 Å². The molecule has 5 nitrogen and oxygen atoms in total. The summed E-state index contributed by atoms with van der Waals surface area (Å²) in [5.41, 5.74) is 0.647. The van der Waals surface area contributed by atoms with Crippen LogP contribution < -0.4 is 5.32 Å². The Morgan fingerprint density at radius 1 is 0.917 bits per heavy atom. The molecule has 0 aromatic heterocycles. The monoisotopic (exact) mass is 321 g/mol. The summed E-state index contributed by atoms with van der Waals surface area (Å²) in [5.74, 6) is -1.35. The number of amides is 1. The summed E-state index contributed by atoms with van der Waals surface area (Å²) in [5, 5.41) is 14.2. The average molecular weight is 321 g/mol. The van der Waals surface area contributed by atoms with Crippen molar-refractivity contribution in [2.24, 2.45) is 0 Å².